The third-order valence-corrected chi connectivity index (χ3v) is 8.39. The summed E-state index contributed by atoms with van der Waals surface area (Å²) in [7, 11) is -2.26. The topological polar surface area (TPSA) is 111 Å². The maximum absolute atomic E-state index is 13.7. The van der Waals surface area contributed by atoms with Gasteiger partial charge in [0, 0.05) is 41.6 Å². The molecule has 0 saturated heterocycles. The number of sulfonamides is 1. The van der Waals surface area contributed by atoms with Crippen LogP contribution in [-0.4, -0.2) is 47.3 Å². The van der Waals surface area contributed by atoms with Gasteiger partial charge in [-0.3, -0.25) is 9.10 Å². The quantitative estimate of drug-likeness (QED) is 0.203. The first kappa shape index (κ1) is 27.3. The molecule has 3 heterocycles. The fraction of sp³-hybridized carbons (Fsp3) is 0.161. The Morgan fingerprint density at radius 3 is 2.33 bits per heavy atom. The molecule has 0 saturated carbocycles. The minimum atomic E-state index is -3.70. The second kappa shape index (κ2) is 10.2. The molecule has 6 aromatic rings. The van der Waals surface area contributed by atoms with Gasteiger partial charge in [0.15, 0.2) is 17.3 Å². The summed E-state index contributed by atoms with van der Waals surface area (Å²) in [6.45, 7) is 3.74. The Morgan fingerprint density at radius 2 is 1.67 bits per heavy atom. The van der Waals surface area contributed by atoms with Gasteiger partial charge in [-0.05, 0) is 49.4 Å². The number of halogens is 1. The van der Waals surface area contributed by atoms with E-state index in [1.54, 1.807) is 35.7 Å². The Labute approximate surface area is 241 Å². The van der Waals surface area contributed by atoms with Crippen molar-refractivity contribution in [3.05, 3.63) is 89.7 Å². The van der Waals surface area contributed by atoms with E-state index in [0.29, 0.717) is 50.5 Å². The van der Waals surface area contributed by atoms with Crippen LogP contribution in [0.1, 0.15) is 29.3 Å². The van der Waals surface area contributed by atoms with Gasteiger partial charge >= 0.3 is 0 Å². The van der Waals surface area contributed by atoms with Crippen LogP contribution in [0.15, 0.2) is 77.2 Å². The number of aryl methyl sites for hydroxylation is 1. The average Bonchev–Trinajstić information content (AvgIpc) is 3.57. The first-order valence-corrected chi connectivity index (χ1v) is 15.0. The van der Waals surface area contributed by atoms with Crippen LogP contribution in [0.25, 0.3) is 50.6 Å². The zero-order chi connectivity index (χ0) is 29.8. The fourth-order valence-corrected chi connectivity index (χ4v) is 5.36. The molecule has 0 aliphatic heterocycles. The van der Waals surface area contributed by atoms with Gasteiger partial charge in [0.1, 0.15) is 17.2 Å². The van der Waals surface area contributed by atoms with E-state index < -0.39 is 15.8 Å². The molecule has 0 amide bonds. The van der Waals surface area contributed by atoms with Crippen LogP contribution >= 0.6 is 0 Å². The number of carbonyl (C=O) groups excluding carboxylic acids is 1. The van der Waals surface area contributed by atoms with Crippen molar-refractivity contribution in [1.29, 1.82) is 0 Å². The number of hydrogen-bond donors (Lipinski definition) is 0. The molecule has 0 aliphatic rings. The van der Waals surface area contributed by atoms with Crippen LogP contribution in [-0.2, 0) is 10.0 Å². The minimum Gasteiger partial charge on any atom is -0.455 e. The lowest BCUT2D eigenvalue weighted by atomic mass is 9.98. The molecular formula is C31H26FN5O4S. The Bertz CT molecular complexity index is 2100. The lowest BCUT2D eigenvalue weighted by Crippen LogP contribution is -2.25. The van der Waals surface area contributed by atoms with E-state index in [1.165, 1.54) is 31.3 Å². The number of fused-ring (bicyclic) bond motifs is 2. The Hall–Kier alpha value is -4.90. The van der Waals surface area contributed by atoms with Gasteiger partial charge in [0.25, 0.3) is 0 Å². The summed E-state index contributed by atoms with van der Waals surface area (Å²) in [5, 5.41) is 13.9. The molecule has 0 atom stereocenters. The molecule has 6 rings (SSSR count). The summed E-state index contributed by atoms with van der Waals surface area (Å²) < 4.78 is 48.1. The number of furan rings is 1. The fourth-order valence-electron chi connectivity index (χ4n) is 4.85. The van der Waals surface area contributed by atoms with Crippen molar-refractivity contribution in [1.82, 2.24) is 19.8 Å². The zero-order valence-electron chi connectivity index (χ0n) is 23.3. The standard InChI is InChI=1S/C31H26FN5O4S/c1-5-26(38)29-23-16-22(24-14-15-28-33-34-31(37(28)35-24)20-8-6-18(2)7-9-20)25(36(3)42(4,39)40)17-27(23)41-30(29)19-10-12-21(32)13-11-19/h6-17H,5H2,1-4H3. The maximum Gasteiger partial charge on any atom is 0.232 e. The average molecular weight is 584 g/mol. The van der Waals surface area contributed by atoms with Crippen molar-refractivity contribution in [2.24, 2.45) is 0 Å². The lowest BCUT2D eigenvalue weighted by molar-refractivity contribution is 0.0989. The van der Waals surface area contributed by atoms with E-state index in [0.717, 1.165) is 21.7 Å². The third kappa shape index (κ3) is 4.71. The number of nitrogens with zero attached hydrogens (tertiary/aromatic N) is 5. The number of anilines is 1. The van der Waals surface area contributed by atoms with Gasteiger partial charge in [-0.2, -0.15) is 9.61 Å². The molecule has 0 aliphatic carbocycles. The van der Waals surface area contributed by atoms with Crippen LogP contribution in [0.3, 0.4) is 0 Å². The smallest absolute Gasteiger partial charge is 0.232 e. The molecule has 0 unspecified atom stereocenters. The van der Waals surface area contributed by atoms with E-state index in [4.69, 9.17) is 9.52 Å². The molecule has 0 radical (unpaired) electrons. The summed E-state index contributed by atoms with van der Waals surface area (Å²) in [6.07, 6.45) is 1.30. The van der Waals surface area contributed by atoms with Crippen molar-refractivity contribution < 1.29 is 22.0 Å². The summed E-state index contributed by atoms with van der Waals surface area (Å²) >= 11 is 0. The van der Waals surface area contributed by atoms with Gasteiger partial charge in [0.05, 0.1) is 23.2 Å². The predicted molar refractivity (Wildman–Crippen MR) is 159 cm³/mol. The molecule has 212 valence electrons. The monoisotopic (exact) mass is 583 g/mol. The molecule has 0 fully saturated rings. The zero-order valence-corrected chi connectivity index (χ0v) is 24.1. The first-order chi connectivity index (χ1) is 20.0. The highest BCUT2D eigenvalue weighted by Gasteiger charge is 2.26. The Balaban J connectivity index is 1.63. The summed E-state index contributed by atoms with van der Waals surface area (Å²) in [5.74, 6) is 0.214. The van der Waals surface area contributed by atoms with E-state index in [-0.39, 0.29) is 18.0 Å². The molecule has 0 spiro atoms. The van der Waals surface area contributed by atoms with E-state index in [9.17, 15) is 17.6 Å². The van der Waals surface area contributed by atoms with Crippen molar-refractivity contribution in [3.63, 3.8) is 0 Å². The second-order valence-electron chi connectivity index (χ2n) is 10.1. The van der Waals surface area contributed by atoms with Crippen LogP contribution in [0.2, 0.25) is 0 Å². The largest absolute Gasteiger partial charge is 0.455 e. The third-order valence-electron chi connectivity index (χ3n) is 7.20. The highest BCUT2D eigenvalue weighted by Crippen LogP contribution is 2.41. The van der Waals surface area contributed by atoms with E-state index in [2.05, 4.69) is 10.2 Å². The number of rotatable bonds is 7. The highest BCUT2D eigenvalue weighted by molar-refractivity contribution is 7.92. The van der Waals surface area contributed by atoms with E-state index >= 15 is 0 Å². The second-order valence-corrected chi connectivity index (χ2v) is 12.1. The number of benzene rings is 3. The molecular weight excluding hydrogens is 557 g/mol. The summed E-state index contributed by atoms with van der Waals surface area (Å²) in [4.78, 5) is 13.3. The Morgan fingerprint density at radius 1 is 0.976 bits per heavy atom. The number of ketones is 1. The number of aromatic nitrogens is 4. The number of hydrogen-bond acceptors (Lipinski definition) is 7. The normalized spacial score (nSPS) is 11.8. The van der Waals surface area contributed by atoms with Gasteiger partial charge < -0.3 is 4.42 Å². The summed E-state index contributed by atoms with van der Waals surface area (Å²) in [5.41, 5.74) is 4.78. The molecule has 11 heteroatoms. The molecule has 0 N–H and O–H groups in total. The number of carbonyl (C=O) groups is 1. The van der Waals surface area contributed by atoms with E-state index in [1.807, 2.05) is 31.2 Å². The molecule has 3 aromatic heterocycles. The van der Waals surface area contributed by atoms with Gasteiger partial charge in [-0.25, -0.2) is 12.8 Å². The van der Waals surface area contributed by atoms with Gasteiger partial charge in [-0.1, -0.05) is 36.8 Å². The Kier molecular flexibility index (Phi) is 6.61. The summed E-state index contributed by atoms with van der Waals surface area (Å²) in [6, 6.07) is 20.2. The first-order valence-electron chi connectivity index (χ1n) is 13.2. The predicted octanol–water partition coefficient (Wildman–Crippen LogP) is 6.31. The van der Waals surface area contributed by atoms with Crippen molar-refractivity contribution >= 4 is 38.1 Å². The molecule has 42 heavy (non-hydrogen) atoms. The van der Waals surface area contributed by atoms with Crippen LogP contribution < -0.4 is 4.31 Å². The lowest BCUT2D eigenvalue weighted by Gasteiger charge is -2.20. The van der Waals surface area contributed by atoms with Crippen molar-refractivity contribution in [3.8, 4) is 34.0 Å². The van der Waals surface area contributed by atoms with Crippen LogP contribution in [0, 0.1) is 12.7 Å². The minimum absolute atomic E-state index is 0.174. The van der Waals surface area contributed by atoms with Gasteiger partial charge in [-0.15, -0.1) is 10.2 Å². The van der Waals surface area contributed by atoms with Crippen molar-refractivity contribution in [2.75, 3.05) is 17.6 Å². The van der Waals surface area contributed by atoms with Gasteiger partial charge in [0.2, 0.25) is 10.0 Å². The van der Waals surface area contributed by atoms with Crippen molar-refractivity contribution in [2.45, 2.75) is 20.3 Å². The highest BCUT2D eigenvalue weighted by atomic mass is 32.2. The maximum atomic E-state index is 13.7. The SMILES string of the molecule is CCC(=O)c1c(-c2ccc(F)cc2)oc2cc(N(C)S(C)(=O)=O)c(-c3ccc4nnc(-c5ccc(C)cc5)n4n3)cc12. The van der Waals surface area contributed by atoms with Crippen LogP contribution in [0.4, 0.5) is 10.1 Å². The number of Topliss-reactive ketones (excluding diaryl/α,β-unsaturated/α-hetero) is 1. The van der Waals surface area contributed by atoms with Crippen LogP contribution in [0.5, 0.6) is 0 Å². The molecule has 0 bridgehead atoms. The molecule has 3 aromatic carbocycles. The molecule has 9 nitrogen and oxygen atoms in total.